The molecule has 114 valence electrons. The van der Waals surface area contributed by atoms with Crippen LogP contribution in [0.1, 0.15) is 24.8 Å². The fourth-order valence-corrected chi connectivity index (χ4v) is 1.62. The zero-order chi connectivity index (χ0) is 14.7. The normalized spacial score (nSPS) is 11.8. The molecule has 1 N–H and O–H groups in total. The molecule has 1 aromatic carbocycles. The third-order valence-electron chi connectivity index (χ3n) is 2.73. The standard InChI is InChI=1S/C15H22F2O3/c16-15(17,12-18)13-20-10-6-2-5-9-19-11-14-7-3-1-4-8-14/h1,3-4,7-8,18H,2,5-6,9-13H2. The van der Waals surface area contributed by atoms with Gasteiger partial charge in [0.15, 0.2) is 0 Å². The SMILES string of the molecule is OCC(F)(F)COCCCCCOCc1ccccc1. The Morgan fingerprint density at radius 1 is 0.950 bits per heavy atom. The molecule has 0 aliphatic rings. The highest BCUT2D eigenvalue weighted by molar-refractivity contribution is 5.13. The summed E-state index contributed by atoms with van der Waals surface area (Å²) in [4.78, 5) is 0. The lowest BCUT2D eigenvalue weighted by Gasteiger charge is -2.13. The molecule has 1 aromatic rings. The van der Waals surface area contributed by atoms with Crippen molar-refractivity contribution in [1.82, 2.24) is 0 Å². The molecular formula is C15H22F2O3. The summed E-state index contributed by atoms with van der Waals surface area (Å²) in [6.45, 7) is -0.343. The Labute approximate surface area is 118 Å². The molecule has 0 aliphatic carbocycles. The summed E-state index contributed by atoms with van der Waals surface area (Å²) in [5.41, 5.74) is 1.14. The average molecular weight is 288 g/mol. The van der Waals surface area contributed by atoms with E-state index < -0.39 is 19.1 Å². The third-order valence-corrected chi connectivity index (χ3v) is 2.73. The van der Waals surface area contributed by atoms with Crippen molar-refractivity contribution in [1.29, 1.82) is 0 Å². The second-order valence-electron chi connectivity index (χ2n) is 4.67. The maximum atomic E-state index is 12.6. The first kappa shape index (κ1) is 17.0. The Morgan fingerprint density at radius 3 is 2.25 bits per heavy atom. The van der Waals surface area contributed by atoms with Crippen molar-refractivity contribution >= 4 is 0 Å². The summed E-state index contributed by atoms with van der Waals surface area (Å²) in [7, 11) is 0. The Morgan fingerprint density at radius 2 is 1.60 bits per heavy atom. The van der Waals surface area contributed by atoms with E-state index in [2.05, 4.69) is 0 Å². The molecule has 0 amide bonds. The van der Waals surface area contributed by atoms with Gasteiger partial charge < -0.3 is 14.6 Å². The lowest BCUT2D eigenvalue weighted by Crippen LogP contribution is -2.28. The summed E-state index contributed by atoms with van der Waals surface area (Å²) in [5.74, 6) is -3.13. The van der Waals surface area contributed by atoms with Crippen molar-refractivity contribution < 1.29 is 23.4 Å². The maximum absolute atomic E-state index is 12.6. The Balaban J connectivity index is 1.88. The van der Waals surface area contributed by atoms with Crippen LogP contribution in [0.2, 0.25) is 0 Å². The first-order valence-corrected chi connectivity index (χ1v) is 6.82. The number of rotatable bonds is 11. The van der Waals surface area contributed by atoms with E-state index in [0.717, 1.165) is 24.8 Å². The Bertz CT molecular complexity index is 344. The van der Waals surface area contributed by atoms with E-state index in [9.17, 15) is 8.78 Å². The second-order valence-corrected chi connectivity index (χ2v) is 4.67. The van der Waals surface area contributed by atoms with Crippen molar-refractivity contribution in [3.05, 3.63) is 35.9 Å². The summed E-state index contributed by atoms with van der Waals surface area (Å²) < 4.78 is 35.5. The average Bonchev–Trinajstić information content (AvgIpc) is 2.46. The predicted octanol–water partition coefficient (Wildman–Crippen LogP) is 3.02. The van der Waals surface area contributed by atoms with Gasteiger partial charge in [-0.15, -0.1) is 0 Å². The van der Waals surface area contributed by atoms with Crippen LogP contribution in [0.15, 0.2) is 30.3 Å². The summed E-state index contributed by atoms with van der Waals surface area (Å²) in [6.07, 6.45) is 2.47. The van der Waals surface area contributed by atoms with Gasteiger partial charge in [0.2, 0.25) is 0 Å². The van der Waals surface area contributed by atoms with Gasteiger partial charge in [-0.2, -0.15) is 0 Å². The largest absolute Gasteiger partial charge is 0.390 e. The van der Waals surface area contributed by atoms with Crippen molar-refractivity contribution in [2.75, 3.05) is 26.4 Å². The van der Waals surface area contributed by atoms with E-state index in [-0.39, 0.29) is 6.61 Å². The van der Waals surface area contributed by atoms with Gasteiger partial charge in [-0.3, -0.25) is 0 Å². The Hall–Kier alpha value is -1.04. The number of hydrogen-bond acceptors (Lipinski definition) is 3. The third kappa shape index (κ3) is 8.19. The number of halogens is 2. The van der Waals surface area contributed by atoms with Crippen LogP contribution in [0.3, 0.4) is 0 Å². The highest BCUT2D eigenvalue weighted by atomic mass is 19.3. The number of ether oxygens (including phenoxy) is 2. The fourth-order valence-electron chi connectivity index (χ4n) is 1.62. The van der Waals surface area contributed by atoms with Gasteiger partial charge in [0.05, 0.1) is 6.61 Å². The highest BCUT2D eigenvalue weighted by Gasteiger charge is 2.27. The highest BCUT2D eigenvalue weighted by Crippen LogP contribution is 2.12. The van der Waals surface area contributed by atoms with Crippen molar-refractivity contribution in [3.8, 4) is 0 Å². The summed E-state index contributed by atoms with van der Waals surface area (Å²) >= 11 is 0. The molecule has 0 heterocycles. The smallest absolute Gasteiger partial charge is 0.293 e. The minimum Gasteiger partial charge on any atom is -0.390 e. The summed E-state index contributed by atoms with van der Waals surface area (Å²) in [6, 6.07) is 9.92. The molecule has 3 nitrogen and oxygen atoms in total. The fraction of sp³-hybridized carbons (Fsp3) is 0.600. The van der Waals surface area contributed by atoms with Crippen LogP contribution in [0.4, 0.5) is 8.78 Å². The van der Waals surface area contributed by atoms with E-state index in [1.54, 1.807) is 0 Å². The number of hydrogen-bond donors (Lipinski definition) is 1. The lowest BCUT2D eigenvalue weighted by atomic mass is 10.2. The van der Waals surface area contributed by atoms with Crippen LogP contribution in [0.25, 0.3) is 0 Å². The quantitative estimate of drug-likeness (QED) is 0.636. The molecule has 0 spiro atoms. The number of alkyl halides is 2. The van der Waals surface area contributed by atoms with E-state index in [0.29, 0.717) is 13.2 Å². The van der Waals surface area contributed by atoms with Crippen LogP contribution >= 0.6 is 0 Å². The van der Waals surface area contributed by atoms with Gasteiger partial charge in [-0.05, 0) is 24.8 Å². The molecule has 0 bridgehead atoms. The minimum absolute atomic E-state index is 0.286. The van der Waals surface area contributed by atoms with Crippen LogP contribution < -0.4 is 0 Å². The predicted molar refractivity (Wildman–Crippen MR) is 72.8 cm³/mol. The van der Waals surface area contributed by atoms with Gasteiger partial charge in [0.25, 0.3) is 5.92 Å². The van der Waals surface area contributed by atoms with Gasteiger partial charge in [-0.25, -0.2) is 8.78 Å². The second kappa shape index (κ2) is 9.80. The molecule has 1 rings (SSSR count). The zero-order valence-electron chi connectivity index (χ0n) is 11.6. The van der Waals surface area contributed by atoms with E-state index in [1.165, 1.54) is 0 Å². The molecular weight excluding hydrogens is 266 g/mol. The molecule has 0 aliphatic heterocycles. The molecule has 0 aromatic heterocycles. The number of unbranched alkanes of at least 4 members (excludes halogenated alkanes) is 2. The van der Waals surface area contributed by atoms with Gasteiger partial charge in [0.1, 0.15) is 13.2 Å². The number of aliphatic hydroxyl groups is 1. The molecule has 0 radical (unpaired) electrons. The van der Waals surface area contributed by atoms with E-state index in [4.69, 9.17) is 14.6 Å². The first-order valence-electron chi connectivity index (χ1n) is 6.82. The van der Waals surface area contributed by atoms with E-state index >= 15 is 0 Å². The van der Waals surface area contributed by atoms with Gasteiger partial charge >= 0.3 is 0 Å². The molecule has 0 saturated carbocycles. The maximum Gasteiger partial charge on any atom is 0.293 e. The van der Waals surface area contributed by atoms with Crippen LogP contribution in [0.5, 0.6) is 0 Å². The first-order chi connectivity index (χ1) is 9.64. The van der Waals surface area contributed by atoms with Gasteiger partial charge in [-0.1, -0.05) is 30.3 Å². The van der Waals surface area contributed by atoms with Crippen LogP contribution in [-0.4, -0.2) is 37.5 Å². The minimum atomic E-state index is -3.13. The van der Waals surface area contributed by atoms with Crippen molar-refractivity contribution in [2.24, 2.45) is 0 Å². The zero-order valence-corrected chi connectivity index (χ0v) is 11.6. The topological polar surface area (TPSA) is 38.7 Å². The Kier molecular flexibility index (Phi) is 8.34. The van der Waals surface area contributed by atoms with Crippen molar-refractivity contribution in [3.63, 3.8) is 0 Å². The molecule has 0 fully saturated rings. The lowest BCUT2D eigenvalue weighted by molar-refractivity contribution is -0.107. The molecule has 5 heteroatoms. The number of aliphatic hydroxyl groups excluding tert-OH is 1. The van der Waals surface area contributed by atoms with Gasteiger partial charge in [0, 0.05) is 13.2 Å². The van der Waals surface area contributed by atoms with Crippen molar-refractivity contribution in [2.45, 2.75) is 31.8 Å². The van der Waals surface area contributed by atoms with E-state index in [1.807, 2.05) is 30.3 Å². The monoisotopic (exact) mass is 288 g/mol. The molecule has 0 saturated heterocycles. The van der Waals surface area contributed by atoms with Crippen LogP contribution in [0, 0.1) is 0 Å². The molecule has 0 unspecified atom stereocenters. The molecule has 0 atom stereocenters. The molecule has 20 heavy (non-hydrogen) atoms. The van der Waals surface area contributed by atoms with Crippen LogP contribution in [-0.2, 0) is 16.1 Å². The summed E-state index contributed by atoms with van der Waals surface area (Å²) in [5, 5.41) is 8.34. The number of benzene rings is 1.